The number of benzene rings is 1. The molecule has 3 N–H and O–H groups in total. The molecule has 1 aromatic carbocycles. The van der Waals surface area contributed by atoms with Crippen molar-refractivity contribution in [2.75, 3.05) is 11.1 Å². The van der Waals surface area contributed by atoms with Gasteiger partial charge in [0, 0.05) is 0 Å². The van der Waals surface area contributed by atoms with Gasteiger partial charge in [0.05, 0.1) is 17.8 Å². The molecule has 1 aliphatic rings. The molecule has 80 valence electrons. The van der Waals surface area contributed by atoms with Crippen LogP contribution in [0.25, 0.3) is 0 Å². The lowest BCUT2D eigenvalue weighted by atomic mass is 9.98. The van der Waals surface area contributed by atoms with Gasteiger partial charge in [0.25, 0.3) is 0 Å². The van der Waals surface area contributed by atoms with E-state index in [0.29, 0.717) is 6.42 Å². The van der Waals surface area contributed by atoms with Crippen molar-refractivity contribution in [3.63, 3.8) is 0 Å². The van der Waals surface area contributed by atoms with Crippen molar-refractivity contribution in [3.8, 4) is 0 Å². The molecule has 1 aromatic rings. The SMILES string of the molecule is CCCc1cc(C)c2c(c1N)NC(=O)C2. The number of nitrogens with one attached hydrogen (secondary N) is 1. The van der Waals surface area contributed by atoms with Crippen LogP contribution in [0.1, 0.15) is 30.0 Å². The maximum atomic E-state index is 11.3. The molecule has 0 bridgehead atoms. The molecule has 1 aliphatic heterocycles. The van der Waals surface area contributed by atoms with Gasteiger partial charge >= 0.3 is 0 Å². The van der Waals surface area contributed by atoms with Gasteiger partial charge in [-0.25, -0.2) is 0 Å². The summed E-state index contributed by atoms with van der Waals surface area (Å²) in [5, 5.41) is 2.84. The van der Waals surface area contributed by atoms with E-state index in [1.807, 2.05) is 6.92 Å². The molecule has 0 unspecified atom stereocenters. The smallest absolute Gasteiger partial charge is 0.228 e. The molecule has 0 radical (unpaired) electrons. The highest BCUT2D eigenvalue weighted by molar-refractivity contribution is 6.03. The van der Waals surface area contributed by atoms with Crippen molar-refractivity contribution in [2.45, 2.75) is 33.1 Å². The standard InChI is InChI=1S/C12H16N2O/c1-3-4-8-5-7(2)9-6-10(15)14-12(9)11(8)13/h5H,3-4,6,13H2,1-2H3,(H,14,15). The Kier molecular flexibility index (Phi) is 2.39. The maximum absolute atomic E-state index is 11.3. The minimum Gasteiger partial charge on any atom is -0.397 e. The van der Waals surface area contributed by atoms with E-state index in [9.17, 15) is 4.79 Å². The fourth-order valence-corrected chi connectivity index (χ4v) is 2.14. The third kappa shape index (κ3) is 1.58. The lowest BCUT2D eigenvalue weighted by molar-refractivity contribution is -0.115. The Morgan fingerprint density at radius 3 is 2.93 bits per heavy atom. The Hall–Kier alpha value is -1.51. The summed E-state index contributed by atoms with van der Waals surface area (Å²) in [7, 11) is 0. The number of carbonyl (C=O) groups excluding carboxylic acids is 1. The summed E-state index contributed by atoms with van der Waals surface area (Å²) in [4.78, 5) is 11.3. The predicted molar refractivity (Wildman–Crippen MR) is 61.9 cm³/mol. The monoisotopic (exact) mass is 204 g/mol. The first kappa shape index (κ1) is 10.0. The minimum atomic E-state index is 0.0495. The molecule has 0 fully saturated rings. The quantitative estimate of drug-likeness (QED) is 0.724. The van der Waals surface area contributed by atoms with Gasteiger partial charge in [-0.1, -0.05) is 19.4 Å². The van der Waals surface area contributed by atoms with Gasteiger partial charge in [-0.05, 0) is 30.0 Å². The van der Waals surface area contributed by atoms with E-state index in [-0.39, 0.29) is 5.91 Å². The zero-order chi connectivity index (χ0) is 11.0. The summed E-state index contributed by atoms with van der Waals surface area (Å²) >= 11 is 0. The number of nitrogens with two attached hydrogens (primary N) is 1. The van der Waals surface area contributed by atoms with E-state index in [2.05, 4.69) is 18.3 Å². The molecule has 0 saturated carbocycles. The number of anilines is 2. The number of rotatable bonds is 2. The third-order valence-corrected chi connectivity index (χ3v) is 2.90. The maximum Gasteiger partial charge on any atom is 0.228 e. The molecule has 3 heteroatoms. The highest BCUT2D eigenvalue weighted by Crippen LogP contribution is 2.35. The summed E-state index contributed by atoms with van der Waals surface area (Å²) in [6, 6.07) is 2.11. The second-order valence-corrected chi connectivity index (χ2v) is 4.09. The molecular formula is C12H16N2O. The molecule has 0 aliphatic carbocycles. The second-order valence-electron chi connectivity index (χ2n) is 4.09. The van der Waals surface area contributed by atoms with Crippen molar-refractivity contribution < 1.29 is 4.79 Å². The summed E-state index contributed by atoms with van der Waals surface area (Å²) in [6.07, 6.45) is 2.50. The molecule has 3 nitrogen and oxygen atoms in total. The van der Waals surface area contributed by atoms with Crippen molar-refractivity contribution >= 4 is 17.3 Å². The largest absolute Gasteiger partial charge is 0.397 e. The predicted octanol–water partition coefficient (Wildman–Crippen LogP) is 2.02. The third-order valence-electron chi connectivity index (χ3n) is 2.90. The van der Waals surface area contributed by atoms with Crippen LogP contribution in [-0.4, -0.2) is 5.91 Å². The molecule has 0 atom stereocenters. The van der Waals surface area contributed by atoms with Crippen LogP contribution in [0.4, 0.5) is 11.4 Å². The van der Waals surface area contributed by atoms with Crippen LogP contribution < -0.4 is 11.1 Å². The first-order valence-electron chi connectivity index (χ1n) is 5.34. The summed E-state index contributed by atoms with van der Waals surface area (Å²) < 4.78 is 0. The van der Waals surface area contributed by atoms with E-state index in [1.165, 1.54) is 5.56 Å². The molecule has 1 heterocycles. The molecule has 0 spiro atoms. The van der Waals surface area contributed by atoms with Crippen LogP contribution in [-0.2, 0) is 17.6 Å². The Morgan fingerprint density at radius 1 is 1.53 bits per heavy atom. The summed E-state index contributed by atoms with van der Waals surface area (Å²) in [5.41, 5.74) is 11.0. The zero-order valence-corrected chi connectivity index (χ0v) is 9.18. The normalized spacial score (nSPS) is 13.9. The Morgan fingerprint density at radius 2 is 2.27 bits per heavy atom. The first-order valence-corrected chi connectivity index (χ1v) is 5.34. The van der Waals surface area contributed by atoms with Gasteiger partial charge in [-0.2, -0.15) is 0 Å². The average Bonchev–Trinajstić information content (AvgIpc) is 2.57. The van der Waals surface area contributed by atoms with E-state index < -0.39 is 0 Å². The Bertz CT molecular complexity index is 424. The number of hydrogen-bond donors (Lipinski definition) is 2. The van der Waals surface area contributed by atoms with Crippen molar-refractivity contribution in [3.05, 3.63) is 22.8 Å². The van der Waals surface area contributed by atoms with Gasteiger partial charge in [0.15, 0.2) is 0 Å². The minimum absolute atomic E-state index is 0.0495. The van der Waals surface area contributed by atoms with Crippen molar-refractivity contribution in [2.24, 2.45) is 0 Å². The zero-order valence-electron chi connectivity index (χ0n) is 9.18. The van der Waals surface area contributed by atoms with Crippen LogP contribution >= 0.6 is 0 Å². The van der Waals surface area contributed by atoms with Gasteiger partial charge in [-0.3, -0.25) is 4.79 Å². The van der Waals surface area contributed by atoms with Crippen LogP contribution in [0.3, 0.4) is 0 Å². The molecule has 15 heavy (non-hydrogen) atoms. The highest BCUT2D eigenvalue weighted by Gasteiger charge is 2.23. The van der Waals surface area contributed by atoms with Crippen LogP contribution in [0, 0.1) is 6.92 Å². The number of hydrogen-bond acceptors (Lipinski definition) is 2. The van der Waals surface area contributed by atoms with E-state index >= 15 is 0 Å². The molecule has 0 saturated heterocycles. The van der Waals surface area contributed by atoms with E-state index in [1.54, 1.807) is 0 Å². The van der Waals surface area contributed by atoms with E-state index in [4.69, 9.17) is 5.73 Å². The lowest BCUT2D eigenvalue weighted by Crippen LogP contribution is -2.05. The number of nitrogen functional groups attached to an aromatic ring is 1. The molecular weight excluding hydrogens is 188 g/mol. The van der Waals surface area contributed by atoms with Gasteiger partial charge in [0.2, 0.25) is 5.91 Å². The number of carbonyl (C=O) groups is 1. The lowest BCUT2D eigenvalue weighted by Gasteiger charge is -2.12. The fraction of sp³-hybridized carbons (Fsp3) is 0.417. The summed E-state index contributed by atoms with van der Waals surface area (Å²) in [5.74, 6) is 0.0495. The second kappa shape index (κ2) is 3.57. The van der Waals surface area contributed by atoms with Crippen LogP contribution in [0.2, 0.25) is 0 Å². The van der Waals surface area contributed by atoms with Gasteiger partial charge in [-0.15, -0.1) is 0 Å². The topological polar surface area (TPSA) is 55.1 Å². The Labute approximate surface area is 89.7 Å². The van der Waals surface area contributed by atoms with Gasteiger partial charge < -0.3 is 11.1 Å². The highest BCUT2D eigenvalue weighted by atomic mass is 16.1. The first-order chi connectivity index (χ1) is 7.13. The van der Waals surface area contributed by atoms with Crippen LogP contribution in [0.15, 0.2) is 6.07 Å². The number of fused-ring (bicyclic) bond motifs is 1. The number of aryl methyl sites for hydroxylation is 2. The average molecular weight is 204 g/mol. The molecule has 2 rings (SSSR count). The van der Waals surface area contributed by atoms with Crippen LogP contribution in [0.5, 0.6) is 0 Å². The van der Waals surface area contributed by atoms with Gasteiger partial charge in [0.1, 0.15) is 0 Å². The fourth-order valence-electron chi connectivity index (χ4n) is 2.14. The number of amides is 1. The molecule has 1 amide bonds. The Balaban J connectivity index is 2.53. The van der Waals surface area contributed by atoms with Crippen molar-refractivity contribution in [1.29, 1.82) is 0 Å². The van der Waals surface area contributed by atoms with E-state index in [0.717, 1.165) is 35.3 Å². The van der Waals surface area contributed by atoms with Crippen molar-refractivity contribution in [1.82, 2.24) is 0 Å². The molecule has 0 aromatic heterocycles. The summed E-state index contributed by atoms with van der Waals surface area (Å²) in [6.45, 7) is 4.16.